The molecule has 196 valence electrons. The van der Waals surface area contributed by atoms with Crippen molar-refractivity contribution >= 4 is 0 Å². The van der Waals surface area contributed by atoms with Crippen molar-refractivity contribution < 1.29 is 25.1 Å². The largest absolute Gasteiger partial charge is 0.396 e. The van der Waals surface area contributed by atoms with E-state index >= 15 is 0 Å². The number of rotatable bonds is 4. The second kappa shape index (κ2) is 7.34. The van der Waals surface area contributed by atoms with Gasteiger partial charge in [-0.15, -0.1) is 0 Å². The summed E-state index contributed by atoms with van der Waals surface area (Å²) in [4.78, 5) is 11.7. The van der Waals surface area contributed by atoms with Crippen LogP contribution in [0.1, 0.15) is 97.8 Å². The topological polar surface area (TPSA) is 79.2 Å². The Kier molecular flexibility index (Phi) is 4.96. The zero-order chi connectivity index (χ0) is 24.4. The summed E-state index contributed by atoms with van der Waals surface area (Å²) in [5, 5.41) is 34.0. The highest BCUT2D eigenvalue weighted by Gasteiger charge is 2.76. The van der Waals surface area contributed by atoms with Crippen LogP contribution in [0.25, 0.3) is 0 Å². The molecule has 0 amide bonds. The van der Waals surface area contributed by atoms with Gasteiger partial charge in [-0.05, 0) is 117 Å². The quantitative estimate of drug-likeness (QED) is 0.388. The van der Waals surface area contributed by atoms with Crippen molar-refractivity contribution in [1.29, 1.82) is 0 Å². The highest BCUT2D eigenvalue weighted by molar-refractivity contribution is 5.40. The molecule has 7 rings (SSSR count). The summed E-state index contributed by atoms with van der Waals surface area (Å²) in [7, 11) is 0. The van der Waals surface area contributed by atoms with Crippen molar-refractivity contribution in [2.75, 3.05) is 13.2 Å². The molecule has 1 heterocycles. The molecule has 0 aromatic rings. The molecule has 1 spiro atoms. The Balaban J connectivity index is 1.27. The molecule has 5 heteroatoms. The van der Waals surface area contributed by atoms with Crippen molar-refractivity contribution in [3.05, 3.63) is 11.1 Å². The van der Waals surface area contributed by atoms with Gasteiger partial charge in [0.1, 0.15) is 5.60 Å². The minimum atomic E-state index is -0.767. The highest BCUT2D eigenvalue weighted by atomic mass is 17.2. The van der Waals surface area contributed by atoms with Gasteiger partial charge in [0, 0.05) is 18.4 Å². The summed E-state index contributed by atoms with van der Waals surface area (Å²) in [5.74, 6) is 3.32. The predicted octanol–water partition coefficient (Wildman–Crippen LogP) is 4.93. The minimum absolute atomic E-state index is 0.0621. The van der Waals surface area contributed by atoms with Gasteiger partial charge in [-0.2, -0.15) is 0 Å². The number of hydrogen-bond acceptors (Lipinski definition) is 5. The van der Waals surface area contributed by atoms with Crippen LogP contribution in [0, 0.1) is 46.3 Å². The van der Waals surface area contributed by atoms with E-state index < -0.39 is 11.2 Å². The van der Waals surface area contributed by atoms with Crippen molar-refractivity contribution in [2.45, 2.75) is 115 Å². The van der Waals surface area contributed by atoms with Crippen molar-refractivity contribution in [1.82, 2.24) is 0 Å². The second-order valence-electron chi connectivity index (χ2n) is 15.0. The van der Waals surface area contributed by atoms with Gasteiger partial charge >= 0.3 is 0 Å². The third kappa shape index (κ3) is 3.24. The SMILES string of the molecule is CC1(C)COOC2(CCC3=C4[C@@H](CC[C@@]3(O)C2)[C@@H]2[C@@H]3C[C@@H]3[C@@](O)(CCCO)[C@@]2(C)C[C@@H]4C2CC2)C1. The molecular weight excluding hydrogens is 440 g/mol. The molecule has 0 radical (unpaired) electrons. The van der Waals surface area contributed by atoms with E-state index in [-0.39, 0.29) is 23.0 Å². The van der Waals surface area contributed by atoms with E-state index in [4.69, 9.17) is 9.78 Å². The maximum absolute atomic E-state index is 12.3. The van der Waals surface area contributed by atoms with Crippen molar-refractivity contribution in [2.24, 2.45) is 46.3 Å². The maximum Gasteiger partial charge on any atom is 0.108 e. The lowest BCUT2D eigenvalue weighted by Gasteiger charge is -2.60. The molecule has 7 aliphatic rings. The normalized spacial score (nSPS) is 54.2. The fourth-order valence-corrected chi connectivity index (χ4v) is 10.8. The summed E-state index contributed by atoms with van der Waals surface area (Å²) in [6.07, 6.45) is 11.6. The molecule has 1 unspecified atom stereocenters. The molecule has 1 saturated heterocycles. The van der Waals surface area contributed by atoms with Gasteiger partial charge in [-0.1, -0.05) is 26.3 Å². The van der Waals surface area contributed by atoms with Crippen molar-refractivity contribution in [3.63, 3.8) is 0 Å². The zero-order valence-electron chi connectivity index (χ0n) is 22.0. The Bertz CT molecular complexity index is 939. The lowest BCUT2D eigenvalue weighted by atomic mass is 9.47. The van der Waals surface area contributed by atoms with Gasteiger partial charge in [-0.3, -0.25) is 0 Å². The van der Waals surface area contributed by atoms with Gasteiger partial charge in [0.05, 0.1) is 17.8 Å². The Morgan fingerprint density at radius 1 is 1.00 bits per heavy atom. The van der Waals surface area contributed by atoms with Crippen LogP contribution in [0.15, 0.2) is 11.1 Å². The van der Waals surface area contributed by atoms with E-state index in [1.807, 2.05) is 0 Å². The maximum atomic E-state index is 12.3. The first-order valence-corrected chi connectivity index (χ1v) is 14.6. The van der Waals surface area contributed by atoms with Gasteiger partial charge in [-0.25, -0.2) is 9.78 Å². The molecular formula is C30H46O5. The first kappa shape index (κ1) is 23.6. The van der Waals surface area contributed by atoms with Gasteiger partial charge in [0.25, 0.3) is 0 Å². The summed E-state index contributed by atoms with van der Waals surface area (Å²) < 4.78 is 0. The lowest BCUT2D eigenvalue weighted by Crippen LogP contribution is -2.58. The van der Waals surface area contributed by atoms with Crippen LogP contribution >= 0.6 is 0 Å². The molecule has 5 nitrogen and oxygen atoms in total. The summed E-state index contributed by atoms with van der Waals surface area (Å²) in [5.41, 5.74) is 1.25. The minimum Gasteiger partial charge on any atom is -0.396 e. The number of aliphatic hydroxyl groups is 3. The van der Waals surface area contributed by atoms with Crippen LogP contribution in [0.5, 0.6) is 0 Å². The van der Waals surface area contributed by atoms with E-state index in [0.717, 1.165) is 57.3 Å². The molecule has 0 aromatic heterocycles. The van der Waals surface area contributed by atoms with E-state index in [0.29, 0.717) is 49.0 Å². The summed E-state index contributed by atoms with van der Waals surface area (Å²) in [6, 6.07) is 0. The first-order valence-electron chi connectivity index (χ1n) is 14.6. The highest BCUT2D eigenvalue weighted by Crippen LogP contribution is 2.78. The fourth-order valence-electron chi connectivity index (χ4n) is 10.8. The third-order valence-electron chi connectivity index (χ3n) is 12.1. The fraction of sp³-hybridized carbons (Fsp3) is 0.933. The second-order valence-corrected chi connectivity index (χ2v) is 15.0. The van der Waals surface area contributed by atoms with Crippen LogP contribution in [0.3, 0.4) is 0 Å². The molecule has 6 aliphatic carbocycles. The Labute approximate surface area is 210 Å². The van der Waals surface area contributed by atoms with Gasteiger partial charge in [0.15, 0.2) is 0 Å². The molecule has 1 aliphatic heterocycles. The average Bonchev–Trinajstić information content (AvgIpc) is 3.69. The van der Waals surface area contributed by atoms with Crippen molar-refractivity contribution in [3.8, 4) is 0 Å². The zero-order valence-corrected chi connectivity index (χ0v) is 22.0. The first-order chi connectivity index (χ1) is 16.5. The van der Waals surface area contributed by atoms with Crippen LogP contribution in [0.4, 0.5) is 0 Å². The average molecular weight is 487 g/mol. The number of allylic oxidation sites excluding steroid dienone is 1. The lowest BCUT2D eigenvalue weighted by molar-refractivity contribution is -0.414. The Morgan fingerprint density at radius 2 is 1.80 bits per heavy atom. The van der Waals surface area contributed by atoms with Crippen LogP contribution < -0.4 is 0 Å². The van der Waals surface area contributed by atoms with Crippen LogP contribution in [-0.2, 0) is 9.78 Å². The monoisotopic (exact) mass is 486 g/mol. The van der Waals surface area contributed by atoms with E-state index in [1.165, 1.54) is 18.4 Å². The van der Waals surface area contributed by atoms with Gasteiger partial charge in [0.2, 0.25) is 0 Å². The standard InChI is InChI=1S/C30H46O5/c1-26(2)15-28(35-34-17-26)10-8-22-24-19(7-11-29(22,32)16-28)25-20-13-23(20)30(33,9-4-12-31)27(25,3)14-21(24)18-5-6-18/h18-21,23,25,31-33H,4-17H2,1-3H3/t19-,20-,21-,23+,25-,27+,28?,29-,30+/m1/s1. The van der Waals surface area contributed by atoms with E-state index in [9.17, 15) is 15.3 Å². The molecule has 3 N–H and O–H groups in total. The molecule has 6 fully saturated rings. The molecule has 5 saturated carbocycles. The van der Waals surface area contributed by atoms with E-state index in [2.05, 4.69) is 20.8 Å². The summed E-state index contributed by atoms with van der Waals surface area (Å²) in [6.45, 7) is 7.70. The molecule has 0 bridgehead atoms. The van der Waals surface area contributed by atoms with Crippen LogP contribution in [-0.4, -0.2) is 45.3 Å². The smallest absolute Gasteiger partial charge is 0.108 e. The third-order valence-corrected chi connectivity index (χ3v) is 12.1. The van der Waals surface area contributed by atoms with E-state index in [1.54, 1.807) is 5.57 Å². The summed E-state index contributed by atoms with van der Waals surface area (Å²) >= 11 is 0. The predicted molar refractivity (Wildman–Crippen MR) is 132 cm³/mol. The number of hydrogen-bond donors (Lipinski definition) is 3. The van der Waals surface area contributed by atoms with Gasteiger partial charge < -0.3 is 15.3 Å². The molecule has 0 aromatic carbocycles. The number of aliphatic hydroxyl groups excluding tert-OH is 1. The molecule has 35 heavy (non-hydrogen) atoms. The molecule has 9 atom stereocenters. The Morgan fingerprint density at radius 3 is 2.51 bits per heavy atom. The number of fused-ring (bicyclic) bond motifs is 6. The Hall–Kier alpha value is -0.460. The van der Waals surface area contributed by atoms with Crippen LogP contribution in [0.2, 0.25) is 0 Å².